The summed E-state index contributed by atoms with van der Waals surface area (Å²) in [5.41, 5.74) is 1.30. The Hall–Kier alpha value is -3.09. The van der Waals surface area contributed by atoms with E-state index in [-0.39, 0.29) is 11.9 Å². The van der Waals surface area contributed by atoms with Crippen molar-refractivity contribution in [2.45, 2.75) is 45.4 Å². The maximum atomic E-state index is 13.0. The quantitative estimate of drug-likeness (QED) is 0.714. The lowest BCUT2D eigenvalue weighted by atomic mass is 10.1. The fraction of sp³-hybridized carbons (Fsp3) is 0.381. The first-order valence-corrected chi connectivity index (χ1v) is 9.35. The number of pyridine rings is 1. The molecule has 1 N–H and O–H groups in total. The zero-order valence-corrected chi connectivity index (χ0v) is 16.0. The van der Waals surface area contributed by atoms with Crippen LogP contribution in [0.4, 0.5) is 0 Å². The Balaban J connectivity index is 1.81. The molecule has 1 heterocycles. The molecule has 1 saturated carbocycles. The lowest BCUT2D eigenvalue weighted by Crippen LogP contribution is -2.44. The number of amides is 1. The van der Waals surface area contributed by atoms with Crippen LogP contribution in [-0.2, 0) is 11.4 Å². The van der Waals surface area contributed by atoms with Gasteiger partial charge in [0.15, 0.2) is 11.5 Å². The first-order valence-electron chi connectivity index (χ1n) is 9.35. The van der Waals surface area contributed by atoms with Crippen LogP contribution in [0.25, 0.3) is 0 Å². The van der Waals surface area contributed by atoms with Crippen molar-refractivity contribution in [1.29, 1.82) is 0 Å². The number of aliphatic carboxylic acids is 1. The van der Waals surface area contributed by atoms with Gasteiger partial charge in [-0.25, -0.2) is 4.79 Å². The molecule has 1 unspecified atom stereocenters. The molecular weight excluding hydrogens is 360 g/mol. The van der Waals surface area contributed by atoms with Gasteiger partial charge in [-0.2, -0.15) is 0 Å². The number of aromatic nitrogens is 1. The summed E-state index contributed by atoms with van der Waals surface area (Å²) in [6.07, 6.45) is 5.07. The molecule has 3 rings (SSSR count). The number of carbonyl (C=O) groups excluding carboxylic acids is 1. The maximum absolute atomic E-state index is 13.0. The highest BCUT2D eigenvalue weighted by atomic mass is 16.5. The molecule has 0 radical (unpaired) electrons. The second-order valence-corrected chi connectivity index (χ2v) is 6.70. The van der Waals surface area contributed by atoms with Gasteiger partial charge in [0.2, 0.25) is 0 Å². The highest BCUT2D eigenvalue weighted by Gasteiger charge is 2.39. The number of rotatable bonds is 9. The van der Waals surface area contributed by atoms with Crippen LogP contribution in [0.2, 0.25) is 0 Å². The maximum Gasteiger partial charge on any atom is 0.326 e. The molecule has 0 aliphatic heterocycles. The van der Waals surface area contributed by atoms with Gasteiger partial charge in [0, 0.05) is 29.6 Å². The van der Waals surface area contributed by atoms with Gasteiger partial charge < -0.3 is 19.5 Å². The zero-order valence-electron chi connectivity index (χ0n) is 16.0. The van der Waals surface area contributed by atoms with Gasteiger partial charge in [-0.1, -0.05) is 6.07 Å². The molecule has 7 heteroatoms. The number of hydrogen-bond donors (Lipinski definition) is 1. The van der Waals surface area contributed by atoms with E-state index in [4.69, 9.17) is 9.47 Å². The van der Waals surface area contributed by atoms with Gasteiger partial charge in [0.25, 0.3) is 5.91 Å². The van der Waals surface area contributed by atoms with Gasteiger partial charge in [-0.05, 0) is 51.0 Å². The topological polar surface area (TPSA) is 89.0 Å². The third kappa shape index (κ3) is 4.60. The molecule has 1 fully saturated rings. The van der Waals surface area contributed by atoms with Gasteiger partial charge in [0.1, 0.15) is 12.6 Å². The number of carbonyl (C=O) groups is 2. The minimum Gasteiger partial charge on any atom is -0.490 e. The molecule has 1 amide bonds. The smallest absolute Gasteiger partial charge is 0.326 e. The number of benzene rings is 1. The summed E-state index contributed by atoms with van der Waals surface area (Å²) < 4.78 is 11.5. The summed E-state index contributed by atoms with van der Waals surface area (Å²) in [6, 6.07) is 7.80. The molecule has 1 aromatic heterocycles. The number of carboxylic acids is 1. The van der Waals surface area contributed by atoms with E-state index in [1.165, 1.54) is 11.8 Å². The first-order chi connectivity index (χ1) is 13.5. The summed E-state index contributed by atoms with van der Waals surface area (Å²) in [6.45, 7) is 4.12. The lowest BCUT2D eigenvalue weighted by Gasteiger charge is -2.26. The summed E-state index contributed by atoms with van der Waals surface area (Å²) >= 11 is 0. The van der Waals surface area contributed by atoms with E-state index < -0.39 is 12.0 Å². The van der Waals surface area contributed by atoms with E-state index >= 15 is 0 Å². The van der Waals surface area contributed by atoms with Crippen molar-refractivity contribution in [3.8, 4) is 11.5 Å². The molecular formula is C21H24N2O5. The molecule has 28 heavy (non-hydrogen) atoms. The highest BCUT2D eigenvalue weighted by molar-refractivity contribution is 5.97. The van der Waals surface area contributed by atoms with E-state index in [9.17, 15) is 14.7 Å². The zero-order chi connectivity index (χ0) is 20.1. The molecule has 148 valence electrons. The van der Waals surface area contributed by atoms with Crippen LogP contribution in [0.15, 0.2) is 42.7 Å². The van der Waals surface area contributed by atoms with Crippen LogP contribution in [0.5, 0.6) is 11.5 Å². The summed E-state index contributed by atoms with van der Waals surface area (Å²) in [5, 5.41) is 9.34. The largest absolute Gasteiger partial charge is 0.490 e. The third-order valence-electron chi connectivity index (χ3n) is 4.56. The Morgan fingerprint density at radius 2 is 2.04 bits per heavy atom. The fourth-order valence-electron chi connectivity index (χ4n) is 2.95. The molecule has 1 aliphatic rings. The van der Waals surface area contributed by atoms with E-state index in [0.29, 0.717) is 30.3 Å². The SMILES string of the molecule is CCOc1cc(C(=O)N(C2CC2)C(C)C(=O)O)ccc1OCc1cccnc1. The van der Waals surface area contributed by atoms with E-state index in [0.717, 1.165) is 18.4 Å². The highest BCUT2D eigenvalue weighted by Crippen LogP contribution is 2.33. The molecule has 1 aliphatic carbocycles. The van der Waals surface area contributed by atoms with Crippen molar-refractivity contribution in [2.75, 3.05) is 6.61 Å². The van der Waals surface area contributed by atoms with Gasteiger partial charge in [-0.3, -0.25) is 9.78 Å². The van der Waals surface area contributed by atoms with Gasteiger partial charge >= 0.3 is 5.97 Å². The van der Waals surface area contributed by atoms with Crippen LogP contribution in [-0.4, -0.2) is 45.6 Å². The van der Waals surface area contributed by atoms with Crippen LogP contribution in [0.1, 0.15) is 42.6 Å². The van der Waals surface area contributed by atoms with Gasteiger partial charge in [-0.15, -0.1) is 0 Å². The molecule has 0 spiro atoms. The average Bonchev–Trinajstić information content (AvgIpc) is 3.53. The van der Waals surface area contributed by atoms with Crippen LogP contribution in [0, 0.1) is 0 Å². The summed E-state index contributed by atoms with van der Waals surface area (Å²) in [5.74, 6) is -0.346. The van der Waals surface area contributed by atoms with Crippen molar-refractivity contribution in [1.82, 2.24) is 9.88 Å². The number of nitrogens with zero attached hydrogens (tertiary/aromatic N) is 2. The Labute approximate surface area is 163 Å². The third-order valence-corrected chi connectivity index (χ3v) is 4.56. The Bertz CT molecular complexity index is 836. The molecule has 2 aromatic rings. The first kappa shape index (κ1) is 19.7. The lowest BCUT2D eigenvalue weighted by molar-refractivity contribution is -0.141. The minimum atomic E-state index is -1.01. The predicted octanol–water partition coefficient (Wildman–Crippen LogP) is 3.14. The molecule has 1 aromatic carbocycles. The van der Waals surface area contributed by atoms with Crippen LogP contribution < -0.4 is 9.47 Å². The number of carboxylic acid groups (broad SMARTS) is 1. The second kappa shape index (κ2) is 8.73. The normalized spacial score (nSPS) is 14.2. The Morgan fingerprint density at radius 1 is 1.25 bits per heavy atom. The van der Waals surface area contributed by atoms with E-state index in [2.05, 4.69) is 4.98 Å². The van der Waals surface area contributed by atoms with Crippen molar-refractivity contribution >= 4 is 11.9 Å². The van der Waals surface area contributed by atoms with Crippen LogP contribution >= 0.6 is 0 Å². The number of hydrogen-bond acceptors (Lipinski definition) is 5. The van der Waals surface area contributed by atoms with Crippen molar-refractivity contribution < 1.29 is 24.2 Å². The average molecular weight is 384 g/mol. The van der Waals surface area contributed by atoms with Crippen molar-refractivity contribution in [3.63, 3.8) is 0 Å². The standard InChI is InChI=1S/C21H24N2O5/c1-3-27-19-11-16(20(24)23(17-7-8-17)14(2)21(25)26)6-9-18(19)28-13-15-5-4-10-22-12-15/h4-6,9-12,14,17H,3,7-8,13H2,1-2H3,(H,25,26). The van der Waals surface area contributed by atoms with E-state index in [1.807, 2.05) is 19.1 Å². The Kier molecular flexibility index (Phi) is 6.13. The van der Waals surface area contributed by atoms with Gasteiger partial charge in [0.05, 0.1) is 6.61 Å². The molecule has 0 saturated heterocycles. The summed E-state index contributed by atoms with van der Waals surface area (Å²) in [7, 11) is 0. The predicted molar refractivity (Wildman–Crippen MR) is 102 cm³/mol. The molecule has 0 bridgehead atoms. The molecule has 7 nitrogen and oxygen atoms in total. The van der Waals surface area contributed by atoms with E-state index in [1.54, 1.807) is 30.6 Å². The van der Waals surface area contributed by atoms with Crippen molar-refractivity contribution in [3.05, 3.63) is 53.9 Å². The van der Waals surface area contributed by atoms with Crippen LogP contribution in [0.3, 0.4) is 0 Å². The Morgan fingerprint density at radius 3 is 2.64 bits per heavy atom. The number of ether oxygens (including phenoxy) is 2. The minimum absolute atomic E-state index is 0.0179. The summed E-state index contributed by atoms with van der Waals surface area (Å²) in [4.78, 5) is 29.9. The second-order valence-electron chi connectivity index (χ2n) is 6.70. The fourth-order valence-corrected chi connectivity index (χ4v) is 2.95. The monoisotopic (exact) mass is 384 g/mol. The van der Waals surface area contributed by atoms with Crippen molar-refractivity contribution in [2.24, 2.45) is 0 Å². The molecule has 1 atom stereocenters.